The molecular formula is C20H21N9O. The number of carbonyl (C=O) groups excluding carboxylic acids is 1. The third kappa shape index (κ3) is 2.41. The number of fused-ring (bicyclic) bond motifs is 3. The number of tetrazole rings is 1. The van der Waals surface area contributed by atoms with Crippen LogP contribution in [0.3, 0.4) is 0 Å². The van der Waals surface area contributed by atoms with Crippen molar-refractivity contribution in [2.45, 2.75) is 32.1 Å². The van der Waals surface area contributed by atoms with Gasteiger partial charge in [-0.3, -0.25) is 9.25 Å². The van der Waals surface area contributed by atoms with Gasteiger partial charge in [0.15, 0.2) is 11.6 Å². The zero-order valence-electron chi connectivity index (χ0n) is 17.2. The van der Waals surface area contributed by atoms with E-state index in [1.165, 1.54) is 4.80 Å². The summed E-state index contributed by atoms with van der Waals surface area (Å²) in [6.07, 6.45) is 7.03. The highest BCUT2D eigenvalue weighted by atomic mass is 16.1. The number of aryl methyl sites for hydroxylation is 2. The molecule has 0 fully saturated rings. The third-order valence-corrected chi connectivity index (χ3v) is 6.43. The maximum Gasteiger partial charge on any atom is 0.276 e. The van der Waals surface area contributed by atoms with E-state index in [4.69, 9.17) is 11.6 Å². The summed E-state index contributed by atoms with van der Waals surface area (Å²) in [4.78, 5) is 22.6. The molecule has 0 aliphatic heterocycles. The number of ketones is 1. The molecule has 3 atom stereocenters. The summed E-state index contributed by atoms with van der Waals surface area (Å²) in [7, 11) is 3.58. The van der Waals surface area contributed by atoms with Crippen LogP contribution in [0.15, 0.2) is 24.2 Å². The second-order valence-electron chi connectivity index (χ2n) is 8.27. The van der Waals surface area contributed by atoms with Gasteiger partial charge in [-0.2, -0.15) is 9.90 Å². The van der Waals surface area contributed by atoms with Crippen LogP contribution in [-0.4, -0.2) is 45.3 Å². The minimum Gasteiger partial charge on any atom is -0.308 e. The lowest BCUT2D eigenvalue weighted by atomic mass is 9.59. The highest BCUT2D eigenvalue weighted by molar-refractivity contribution is 6.00. The fourth-order valence-electron chi connectivity index (χ4n) is 5.00. The van der Waals surface area contributed by atoms with Gasteiger partial charge in [0.25, 0.3) is 5.95 Å². The monoisotopic (exact) mass is 403 g/mol. The second kappa shape index (κ2) is 6.19. The molecule has 2 aliphatic rings. The Morgan fingerprint density at radius 3 is 2.77 bits per heavy atom. The Balaban J connectivity index is 1.80. The quantitative estimate of drug-likeness (QED) is 0.603. The minimum atomic E-state index is -0.523. The first-order chi connectivity index (χ1) is 14.3. The van der Waals surface area contributed by atoms with E-state index < -0.39 is 5.41 Å². The van der Waals surface area contributed by atoms with Gasteiger partial charge < -0.3 is 4.79 Å². The van der Waals surface area contributed by atoms with Crippen LogP contribution >= 0.6 is 0 Å². The SMILES string of the molecule is [C-]#[N+]C1=C[C@]2(C)c3nc(-c4cnn(C)c4)n(-c4nnn(C)n4)c3CC[C@H]2[C@H](C)C1=O. The highest BCUT2D eigenvalue weighted by Crippen LogP contribution is 2.50. The van der Waals surface area contributed by atoms with Crippen molar-refractivity contribution in [3.05, 3.63) is 47.0 Å². The van der Waals surface area contributed by atoms with E-state index in [2.05, 4.69) is 32.3 Å². The molecule has 0 radical (unpaired) electrons. The molecule has 3 aromatic rings. The van der Waals surface area contributed by atoms with Crippen molar-refractivity contribution in [2.75, 3.05) is 0 Å². The van der Waals surface area contributed by atoms with Crippen LogP contribution in [0, 0.1) is 18.4 Å². The average Bonchev–Trinajstić information content (AvgIpc) is 3.42. The molecule has 0 saturated heterocycles. The molecular weight excluding hydrogens is 382 g/mol. The van der Waals surface area contributed by atoms with E-state index in [0.717, 1.165) is 29.8 Å². The van der Waals surface area contributed by atoms with Crippen LogP contribution in [0.1, 0.15) is 31.7 Å². The van der Waals surface area contributed by atoms with Crippen molar-refractivity contribution in [3.63, 3.8) is 0 Å². The Bertz CT molecular complexity index is 1250. The number of carbonyl (C=O) groups is 1. The lowest BCUT2D eigenvalue weighted by Gasteiger charge is -2.44. The summed E-state index contributed by atoms with van der Waals surface area (Å²) < 4.78 is 3.66. The highest BCUT2D eigenvalue weighted by Gasteiger charge is 2.50. The number of nitrogens with zero attached hydrogens (tertiary/aromatic N) is 9. The number of aromatic nitrogens is 8. The zero-order chi connectivity index (χ0) is 21.2. The standard InChI is InChI=1S/C20H21N9O/c1-11-13-6-7-15-17(20(13,2)8-14(21-3)16(11)30)23-18(12-9-22-27(4)10-12)29(15)19-24-26-28(5)25-19/h8-11,13H,6-7H2,1-2,4-5H3/t11-,13-,20-/m0/s1. The Morgan fingerprint density at radius 1 is 1.33 bits per heavy atom. The van der Waals surface area contributed by atoms with Gasteiger partial charge in [0.1, 0.15) is 0 Å². The van der Waals surface area contributed by atoms with Gasteiger partial charge in [0.05, 0.1) is 36.8 Å². The molecule has 10 nitrogen and oxygen atoms in total. The number of allylic oxidation sites excluding steroid dienone is 2. The number of rotatable bonds is 2. The fourth-order valence-corrected chi connectivity index (χ4v) is 5.00. The van der Waals surface area contributed by atoms with Gasteiger partial charge in [-0.1, -0.05) is 25.0 Å². The maximum atomic E-state index is 12.6. The summed E-state index contributed by atoms with van der Waals surface area (Å²) in [6, 6.07) is 0. The molecule has 30 heavy (non-hydrogen) atoms. The molecule has 3 heterocycles. The first-order valence-corrected chi connectivity index (χ1v) is 9.83. The van der Waals surface area contributed by atoms with Crippen LogP contribution in [0.5, 0.6) is 0 Å². The molecule has 2 aliphatic carbocycles. The molecule has 0 spiro atoms. The fraction of sp³-hybridized carbons (Fsp3) is 0.450. The van der Waals surface area contributed by atoms with Gasteiger partial charge in [0, 0.05) is 24.6 Å². The predicted molar refractivity (Wildman–Crippen MR) is 106 cm³/mol. The summed E-state index contributed by atoms with van der Waals surface area (Å²) in [5, 5.41) is 16.9. The van der Waals surface area contributed by atoms with E-state index >= 15 is 0 Å². The van der Waals surface area contributed by atoms with Crippen LogP contribution < -0.4 is 0 Å². The molecule has 10 heteroatoms. The number of hydrogen-bond donors (Lipinski definition) is 0. The van der Waals surface area contributed by atoms with Gasteiger partial charge in [0.2, 0.25) is 5.70 Å². The first kappa shape index (κ1) is 18.4. The Kier molecular flexibility index (Phi) is 3.80. The van der Waals surface area contributed by atoms with Crippen molar-refractivity contribution in [1.29, 1.82) is 0 Å². The van der Waals surface area contributed by atoms with Crippen LogP contribution in [0.2, 0.25) is 0 Å². The van der Waals surface area contributed by atoms with E-state index in [1.54, 1.807) is 17.9 Å². The molecule has 0 N–H and O–H groups in total. The summed E-state index contributed by atoms with van der Waals surface area (Å²) in [5.41, 5.74) is 2.37. The molecule has 152 valence electrons. The smallest absolute Gasteiger partial charge is 0.276 e. The summed E-state index contributed by atoms with van der Waals surface area (Å²) >= 11 is 0. The van der Waals surface area contributed by atoms with Crippen LogP contribution in [-0.2, 0) is 30.7 Å². The molecule has 0 unspecified atom stereocenters. The average molecular weight is 403 g/mol. The largest absolute Gasteiger partial charge is 0.308 e. The zero-order valence-corrected chi connectivity index (χ0v) is 17.2. The molecule has 0 bridgehead atoms. The van der Waals surface area contributed by atoms with Crippen LogP contribution in [0.25, 0.3) is 22.2 Å². The third-order valence-electron chi connectivity index (χ3n) is 6.43. The molecule has 0 aromatic carbocycles. The lowest BCUT2D eigenvalue weighted by Crippen LogP contribution is -2.45. The van der Waals surface area contributed by atoms with Crippen molar-refractivity contribution >= 4 is 5.78 Å². The molecule has 3 aromatic heterocycles. The minimum absolute atomic E-state index is 0.0709. The lowest BCUT2D eigenvalue weighted by molar-refractivity contribution is -0.121. The number of Topliss-reactive ketones (excluding diaryl/α,β-unsaturated/α-hetero) is 1. The van der Waals surface area contributed by atoms with Crippen LogP contribution in [0.4, 0.5) is 0 Å². The summed E-state index contributed by atoms with van der Waals surface area (Å²) in [6.45, 7) is 11.5. The van der Waals surface area contributed by atoms with E-state index in [0.29, 0.717) is 11.8 Å². The number of hydrogen-bond acceptors (Lipinski definition) is 6. The Hall–Kier alpha value is -3.61. The number of imidazole rings is 1. The normalized spacial score (nSPS) is 25.4. The maximum absolute atomic E-state index is 12.6. The van der Waals surface area contributed by atoms with Gasteiger partial charge in [-0.15, -0.1) is 5.10 Å². The topological polar surface area (TPSA) is 101 Å². The van der Waals surface area contributed by atoms with Gasteiger partial charge in [-0.25, -0.2) is 9.83 Å². The van der Waals surface area contributed by atoms with Gasteiger partial charge >= 0.3 is 0 Å². The molecule has 0 amide bonds. The Morgan fingerprint density at radius 2 is 2.13 bits per heavy atom. The van der Waals surface area contributed by atoms with Crippen molar-refractivity contribution in [2.24, 2.45) is 25.9 Å². The second-order valence-corrected chi connectivity index (χ2v) is 8.27. The van der Waals surface area contributed by atoms with Crippen molar-refractivity contribution < 1.29 is 4.79 Å². The van der Waals surface area contributed by atoms with E-state index in [1.807, 2.05) is 30.8 Å². The molecule has 5 rings (SSSR count). The Labute approximate surface area is 173 Å². The van der Waals surface area contributed by atoms with Gasteiger partial charge in [-0.05, 0) is 24.0 Å². The van der Waals surface area contributed by atoms with E-state index in [-0.39, 0.29) is 23.3 Å². The summed E-state index contributed by atoms with van der Waals surface area (Å²) in [5.74, 6) is 0.923. The first-order valence-electron chi connectivity index (χ1n) is 9.83. The van der Waals surface area contributed by atoms with E-state index in [9.17, 15) is 4.79 Å². The van der Waals surface area contributed by atoms with Crippen molar-refractivity contribution in [1.82, 2.24) is 39.5 Å². The predicted octanol–water partition coefficient (Wildman–Crippen LogP) is 1.64. The molecule has 0 saturated carbocycles. The van der Waals surface area contributed by atoms with Crippen molar-refractivity contribution in [3.8, 4) is 17.3 Å².